The second-order valence-electron chi connectivity index (χ2n) is 5.49. The molecular weight excluding hydrogens is 424 g/mol. The van der Waals surface area contributed by atoms with Gasteiger partial charge in [0.05, 0.1) is 23.2 Å². The number of para-hydroxylation sites is 1. The number of benzene rings is 2. The molecule has 0 saturated carbocycles. The molecule has 3 aromatic rings. The lowest BCUT2D eigenvalue weighted by Gasteiger charge is -2.06. The molecule has 0 fully saturated rings. The van der Waals surface area contributed by atoms with Crippen LogP contribution in [0, 0.1) is 10.1 Å². The van der Waals surface area contributed by atoms with Gasteiger partial charge in [0.15, 0.2) is 10.6 Å². The Kier molecular flexibility index (Phi) is 6.40. The van der Waals surface area contributed by atoms with Gasteiger partial charge in [0.1, 0.15) is 0 Å². The standard InChI is InChI=1S/C15H12N6O7S.H2O/c1-28-12-7-11(21(23)24)13(29(25,26)27)8-10(12)20-18-14(17-19-20)15(22)16-9-5-3-2-4-6-9;/h2-8H,1H3,(H2,16,22,25,26,27);1H2. The van der Waals surface area contributed by atoms with Crippen LogP contribution in [0.25, 0.3) is 5.69 Å². The lowest BCUT2D eigenvalue weighted by Crippen LogP contribution is -2.37. The molecule has 0 bridgehead atoms. The molecule has 0 aliphatic rings. The van der Waals surface area contributed by atoms with Crippen LogP contribution in [0.4, 0.5) is 11.4 Å². The number of hydrogen-bond donors (Lipinski definition) is 3. The number of methoxy groups -OCH3 is 1. The molecule has 0 atom stereocenters. The van der Waals surface area contributed by atoms with E-state index in [2.05, 4.69) is 20.7 Å². The molecule has 158 valence electrons. The number of aromatic amines is 1. The van der Waals surface area contributed by atoms with Crippen molar-refractivity contribution in [2.24, 2.45) is 0 Å². The smallest absolute Gasteiger partial charge is 0.396 e. The molecule has 2 aromatic carbocycles. The van der Waals surface area contributed by atoms with E-state index in [9.17, 15) is 27.9 Å². The van der Waals surface area contributed by atoms with Crippen LogP contribution in [0.1, 0.15) is 10.6 Å². The Balaban J connectivity index is 0.00000320. The molecule has 3 rings (SSSR count). The number of tetrazole rings is 1. The number of carbonyl (C=O) groups excluding carboxylic acids is 1. The van der Waals surface area contributed by atoms with Crippen LogP contribution in [-0.2, 0) is 10.1 Å². The topological polar surface area (TPSA) is 211 Å². The van der Waals surface area contributed by atoms with Crippen molar-refractivity contribution in [2.75, 3.05) is 12.4 Å². The van der Waals surface area contributed by atoms with Gasteiger partial charge in [0, 0.05) is 11.8 Å². The number of amides is 1. The molecule has 1 aromatic heterocycles. The summed E-state index contributed by atoms with van der Waals surface area (Å²) >= 11 is 0. The van der Waals surface area contributed by atoms with E-state index < -0.39 is 31.5 Å². The van der Waals surface area contributed by atoms with Crippen molar-refractivity contribution in [3.8, 4) is 11.4 Å². The highest BCUT2D eigenvalue weighted by Gasteiger charge is 2.31. The van der Waals surface area contributed by atoms with Gasteiger partial charge in [0.2, 0.25) is 5.69 Å². The average molecular weight is 438 g/mol. The molecule has 15 heteroatoms. The Morgan fingerprint density at radius 2 is 1.97 bits per heavy atom. The van der Waals surface area contributed by atoms with Crippen molar-refractivity contribution in [1.82, 2.24) is 15.4 Å². The quantitative estimate of drug-likeness (QED) is 0.207. The van der Waals surface area contributed by atoms with E-state index in [1.165, 1.54) is 7.11 Å². The number of hydrogen-bond acceptors (Lipinski definition) is 9. The third kappa shape index (κ3) is 4.54. The van der Waals surface area contributed by atoms with Gasteiger partial charge in [-0.3, -0.25) is 19.5 Å². The van der Waals surface area contributed by atoms with Gasteiger partial charge in [-0.2, -0.15) is 8.42 Å². The first-order valence-electron chi connectivity index (χ1n) is 7.76. The zero-order chi connectivity index (χ0) is 21.2. The van der Waals surface area contributed by atoms with Gasteiger partial charge in [-0.05, 0) is 27.2 Å². The van der Waals surface area contributed by atoms with Gasteiger partial charge in [-0.1, -0.05) is 18.2 Å². The van der Waals surface area contributed by atoms with Crippen LogP contribution < -0.4 is 14.9 Å². The highest BCUT2D eigenvalue weighted by Crippen LogP contribution is 2.31. The number of ether oxygens (including phenoxy) is 1. The van der Waals surface area contributed by atoms with Gasteiger partial charge < -0.3 is 15.5 Å². The van der Waals surface area contributed by atoms with Crippen molar-refractivity contribution in [1.29, 1.82) is 0 Å². The maximum Gasteiger partial charge on any atom is 0.396 e. The number of nitro benzene ring substituents is 1. The van der Waals surface area contributed by atoms with Crippen LogP contribution in [0.15, 0.2) is 47.4 Å². The summed E-state index contributed by atoms with van der Waals surface area (Å²) in [5.41, 5.74) is -0.539. The third-order valence-electron chi connectivity index (χ3n) is 3.64. The minimum absolute atomic E-state index is 0. The SMILES string of the molecule is COc1cc([N+](=O)[O-])c(S(=O)(=O)O)cc1-[n+]1nc(C(=O)Nc2ccccc2)n[nH]1.[OH-]. The van der Waals surface area contributed by atoms with Crippen LogP contribution in [0.3, 0.4) is 0 Å². The Morgan fingerprint density at radius 1 is 1.30 bits per heavy atom. The highest BCUT2D eigenvalue weighted by atomic mass is 32.2. The Hall–Kier alpha value is -3.95. The number of anilines is 1. The van der Waals surface area contributed by atoms with Crippen LogP contribution in [-0.4, -0.2) is 51.8 Å². The maximum absolute atomic E-state index is 12.3. The first kappa shape index (κ1) is 22.3. The number of nitrogens with one attached hydrogen (secondary N) is 2. The fourth-order valence-corrected chi connectivity index (χ4v) is 3.02. The van der Waals surface area contributed by atoms with Crippen LogP contribution in [0.5, 0.6) is 5.75 Å². The Labute approximate surface area is 168 Å². The largest absolute Gasteiger partial charge is 0.870 e. The van der Waals surface area contributed by atoms with Gasteiger partial charge in [-0.15, -0.1) is 0 Å². The molecule has 1 amide bonds. The third-order valence-corrected chi connectivity index (χ3v) is 4.53. The number of carbonyl (C=O) groups is 1. The minimum atomic E-state index is -4.94. The lowest BCUT2D eigenvalue weighted by atomic mass is 10.2. The van der Waals surface area contributed by atoms with E-state index in [-0.39, 0.29) is 22.7 Å². The fourth-order valence-electron chi connectivity index (χ4n) is 2.36. The van der Waals surface area contributed by atoms with Crippen LogP contribution in [0.2, 0.25) is 0 Å². The first-order chi connectivity index (χ1) is 13.7. The van der Waals surface area contributed by atoms with Gasteiger partial charge >= 0.3 is 21.8 Å². The van der Waals surface area contributed by atoms with E-state index in [0.29, 0.717) is 5.69 Å². The summed E-state index contributed by atoms with van der Waals surface area (Å²) in [6.45, 7) is 0. The number of rotatable bonds is 6. The average Bonchev–Trinajstić information content (AvgIpc) is 3.17. The molecule has 0 radical (unpaired) electrons. The summed E-state index contributed by atoms with van der Waals surface area (Å²) in [4.78, 5) is 22.3. The van der Waals surface area contributed by atoms with Gasteiger partial charge in [0.25, 0.3) is 5.69 Å². The molecule has 0 unspecified atom stereocenters. The fraction of sp³-hybridized carbons (Fsp3) is 0.0667. The van der Waals surface area contributed by atoms with E-state index in [0.717, 1.165) is 16.9 Å². The van der Waals surface area contributed by atoms with E-state index >= 15 is 0 Å². The summed E-state index contributed by atoms with van der Waals surface area (Å²) in [7, 11) is -3.75. The lowest BCUT2D eigenvalue weighted by molar-refractivity contribution is -0.717. The second-order valence-corrected chi connectivity index (χ2v) is 6.88. The summed E-state index contributed by atoms with van der Waals surface area (Å²) in [5, 5.41) is 23.7. The van der Waals surface area contributed by atoms with Crippen molar-refractivity contribution < 1.29 is 37.7 Å². The zero-order valence-electron chi connectivity index (χ0n) is 15.1. The highest BCUT2D eigenvalue weighted by molar-refractivity contribution is 7.86. The number of nitro groups is 1. The molecular formula is C15H14N6O8S. The van der Waals surface area contributed by atoms with E-state index in [1.807, 2.05) is 0 Å². The van der Waals surface area contributed by atoms with E-state index in [4.69, 9.17) is 4.74 Å². The predicted octanol–water partition coefficient (Wildman–Crippen LogP) is 0.320. The minimum Gasteiger partial charge on any atom is -0.870 e. The monoisotopic (exact) mass is 438 g/mol. The second kappa shape index (κ2) is 8.60. The summed E-state index contributed by atoms with van der Waals surface area (Å²) < 4.78 is 37.4. The molecule has 0 spiro atoms. The number of nitrogens with zero attached hydrogens (tertiary/aromatic N) is 4. The Morgan fingerprint density at radius 3 is 2.53 bits per heavy atom. The molecule has 4 N–H and O–H groups in total. The van der Waals surface area contributed by atoms with Crippen molar-refractivity contribution in [3.05, 3.63) is 58.4 Å². The van der Waals surface area contributed by atoms with Crippen molar-refractivity contribution in [2.45, 2.75) is 4.90 Å². The molecule has 0 saturated heterocycles. The Bertz CT molecular complexity index is 1200. The van der Waals surface area contributed by atoms with Crippen molar-refractivity contribution in [3.63, 3.8) is 0 Å². The molecule has 14 nitrogen and oxygen atoms in total. The number of H-pyrrole nitrogens is 1. The predicted molar refractivity (Wildman–Crippen MR) is 97.3 cm³/mol. The zero-order valence-corrected chi connectivity index (χ0v) is 15.9. The molecule has 30 heavy (non-hydrogen) atoms. The normalized spacial score (nSPS) is 10.7. The van der Waals surface area contributed by atoms with Crippen LogP contribution >= 0.6 is 0 Å². The maximum atomic E-state index is 12.3. The summed E-state index contributed by atoms with van der Waals surface area (Å²) in [6, 6.07) is 10.1. The summed E-state index contributed by atoms with van der Waals surface area (Å²) in [6.07, 6.45) is 0. The molecule has 0 aliphatic carbocycles. The first-order valence-corrected chi connectivity index (χ1v) is 9.20. The molecule has 0 aliphatic heterocycles. The van der Waals surface area contributed by atoms with Gasteiger partial charge in [-0.25, -0.2) is 0 Å². The molecule has 1 heterocycles. The van der Waals surface area contributed by atoms with Crippen molar-refractivity contribution >= 4 is 27.4 Å². The summed E-state index contributed by atoms with van der Waals surface area (Å²) in [5.74, 6) is -1.12. The van der Waals surface area contributed by atoms with E-state index in [1.54, 1.807) is 30.3 Å². The number of aromatic nitrogens is 4.